The van der Waals surface area contributed by atoms with Crippen LogP contribution in [-0.4, -0.2) is 4.98 Å². The van der Waals surface area contributed by atoms with E-state index in [0.29, 0.717) is 5.92 Å². The molecule has 0 amide bonds. The van der Waals surface area contributed by atoms with Crippen LogP contribution in [0.4, 0.5) is 13.2 Å². The average Bonchev–Trinajstić information content (AvgIpc) is 2.65. The maximum Gasteiger partial charge on any atom is 0.418 e. The molecule has 1 fully saturated rings. The van der Waals surface area contributed by atoms with Gasteiger partial charge >= 0.3 is 6.18 Å². The van der Waals surface area contributed by atoms with Crippen LogP contribution in [0.1, 0.15) is 55.6 Å². The van der Waals surface area contributed by atoms with E-state index < -0.39 is 11.7 Å². The fourth-order valence-corrected chi connectivity index (χ4v) is 3.34. The molecule has 2 aromatic rings. The molecule has 0 radical (unpaired) electrons. The summed E-state index contributed by atoms with van der Waals surface area (Å²) in [5, 5.41) is 0.742. The number of aromatic amines is 1. The van der Waals surface area contributed by atoms with Crippen molar-refractivity contribution >= 4 is 10.9 Å². The minimum absolute atomic E-state index is 0.235. The van der Waals surface area contributed by atoms with Gasteiger partial charge in [0.2, 0.25) is 0 Å². The van der Waals surface area contributed by atoms with Crippen LogP contribution in [0.15, 0.2) is 24.4 Å². The Hall–Kier alpha value is -1.45. The van der Waals surface area contributed by atoms with Gasteiger partial charge in [0.1, 0.15) is 0 Å². The number of rotatable bonds is 1. The maximum atomic E-state index is 13.0. The number of benzene rings is 1. The monoisotopic (exact) mass is 281 g/mol. The molecule has 1 aliphatic carbocycles. The number of aromatic nitrogens is 1. The highest BCUT2D eigenvalue weighted by atomic mass is 19.4. The molecule has 3 rings (SSSR count). The van der Waals surface area contributed by atoms with Gasteiger partial charge in [0.25, 0.3) is 0 Å². The summed E-state index contributed by atoms with van der Waals surface area (Å²) >= 11 is 0. The number of fused-ring (bicyclic) bond motifs is 1. The summed E-state index contributed by atoms with van der Waals surface area (Å²) in [6, 6.07) is 4.47. The van der Waals surface area contributed by atoms with E-state index in [4.69, 9.17) is 0 Å². The lowest BCUT2D eigenvalue weighted by molar-refractivity contribution is -0.136. The van der Waals surface area contributed by atoms with E-state index in [2.05, 4.69) is 4.98 Å². The lowest BCUT2D eigenvalue weighted by atomic mass is 9.91. The minimum atomic E-state index is -4.30. The Kier molecular flexibility index (Phi) is 3.48. The van der Waals surface area contributed by atoms with Crippen molar-refractivity contribution in [3.63, 3.8) is 0 Å². The Morgan fingerprint density at radius 1 is 1.00 bits per heavy atom. The topological polar surface area (TPSA) is 15.8 Å². The van der Waals surface area contributed by atoms with E-state index in [1.165, 1.54) is 31.7 Å². The summed E-state index contributed by atoms with van der Waals surface area (Å²) in [5.41, 5.74) is 0.738. The molecular formula is C16H18F3N. The van der Waals surface area contributed by atoms with Crippen molar-refractivity contribution in [3.8, 4) is 0 Å². The largest absolute Gasteiger partial charge is 0.418 e. The first kappa shape index (κ1) is 13.5. The van der Waals surface area contributed by atoms with E-state index in [1.807, 2.05) is 0 Å². The van der Waals surface area contributed by atoms with Gasteiger partial charge in [-0.2, -0.15) is 13.2 Å². The average molecular weight is 281 g/mol. The van der Waals surface area contributed by atoms with Crippen LogP contribution in [0.2, 0.25) is 0 Å². The van der Waals surface area contributed by atoms with Gasteiger partial charge in [-0.15, -0.1) is 0 Å². The Morgan fingerprint density at radius 3 is 2.35 bits per heavy atom. The molecule has 1 N–H and O–H groups in total. The van der Waals surface area contributed by atoms with Crippen LogP contribution in [0.3, 0.4) is 0 Å². The third-order valence-corrected chi connectivity index (χ3v) is 4.35. The summed E-state index contributed by atoms with van der Waals surface area (Å²) in [4.78, 5) is 2.86. The molecule has 20 heavy (non-hydrogen) atoms. The highest BCUT2D eigenvalue weighted by Crippen LogP contribution is 2.39. The van der Waals surface area contributed by atoms with Gasteiger partial charge in [-0.05, 0) is 30.4 Å². The predicted molar refractivity (Wildman–Crippen MR) is 73.7 cm³/mol. The second-order valence-electron chi connectivity index (χ2n) is 5.66. The quantitative estimate of drug-likeness (QED) is 0.652. The standard InChI is InChI=1S/C16H18F3N/c17-16(18,19)14-9-5-8-12-13(10-20-15(12)14)11-6-3-1-2-4-7-11/h5,8-11,20H,1-4,6-7H2. The Labute approximate surface area is 116 Å². The van der Waals surface area contributed by atoms with Crippen molar-refractivity contribution in [2.24, 2.45) is 0 Å². The molecule has 108 valence electrons. The zero-order valence-corrected chi connectivity index (χ0v) is 11.3. The fourth-order valence-electron chi connectivity index (χ4n) is 3.34. The van der Waals surface area contributed by atoms with Crippen molar-refractivity contribution < 1.29 is 13.2 Å². The number of alkyl halides is 3. The van der Waals surface area contributed by atoms with Crippen molar-refractivity contribution in [1.29, 1.82) is 0 Å². The van der Waals surface area contributed by atoms with Crippen molar-refractivity contribution in [1.82, 2.24) is 4.98 Å². The van der Waals surface area contributed by atoms with E-state index in [1.54, 1.807) is 12.3 Å². The molecule has 0 unspecified atom stereocenters. The maximum absolute atomic E-state index is 13.0. The second kappa shape index (κ2) is 5.15. The van der Waals surface area contributed by atoms with Crippen LogP contribution in [0.25, 0.3) is 10.9 Å². The van der Waals surface area contributed by atoms with Gasteiger partial charge in [0, 0.05) is 11.6 Å². The zero-order chi connectivity index (χ0) is 14.2. The highest BCUT2D eigenvalue weighted by Gasteiger charge is 2.33. The number of hydrogen-bond acceptors (Lipinski definition) is 0. The number of H-pyrrole nitrogens is 1. The van der Waals surface area contributed by atoms with Gasteiger partial charge in [-0.25, -0.2) is 0 Å². The fraction of sp³-hybridized carbons (Fsp3) is 0.500. The van der Waals surface area contributed by atoms with Crippen molar-refractivity contribution in [3.05, 3.63) is 35.5 Å². The van der Waals surface area contributed by atoms with Gasteiger partial charge in [-0.1, -0.05) is 37.8 Å². The molecule has 4 heteroatoms. The molecule has 0 saturated heterocycles. The molecule has 0 aliphatic heterocycles. The second-order valence-corrected chi connectivity index (χ2v) is 5.66. The van der Waals surface area contributed by atoms with Crippen LogP contribution < -0.4 is 0 Å². The highest BCUT2D eigenvalue weighted by molar-refractivity contribution is 5.87. The summed E-state index contributed by atoms with van der Waals surface area (Å²) in [6.45, 7) is 0. The molecule has 1 aromatic carbocycles. The molecule has 1 nitrogen and oxygen atoms in total. The predicted octanol–water partition coefficient (Wildman–Crippen LogP) is 5.62. The SMILES string of the molecule is FC(F)(F)c1cccc2c(C3CCCCCC3)c[nH]c12. The van der Waals surface area contributed by atoms with Crippen molar-refractivity contribution in [2.75, 3.05) is 0 Å². The summed E-state index contributed by atoms with van der Waals surface area (Å²) in [5.74, 6) is 0.398. The van der Waals surface area contributed by atoms with Crippen molar-refractivity contribution in [2.45, 2.75) is 50.6 Å². The smallest absolute Gasteiger partial charge is 0.360 e. The summed E-state index contributed by atoms with van der Waals surface area (Å²) in [6.07, 6.45) is 4.50. The third-order valence-electron chi connectivity index (χ3n) is 4.35. The van der Waals surface area contributed by atoms with Gasteiger partial charge in [0.15, 0.2) is 0 Å². The van der Waals surface area contributed by atoms with Gasteiger partial charge < -0.3 is 4.98 Å². The summed E-state index contributed by atoms with van der Waals surface area (Å²) in [7, 11) is 0. The molecular weight excluding hydrogens is 263 g/mol. The zero-order valence-electron chi connectivity index (χ0n) is 11.3. The number of nitrogens with one attached hydrogen (secondary N) is 1. The molecule has 1 aromatic heterocycles. The Balaban J connectivity index is 2.05. The van der Waals surface area contributed by atoms with Gasteiger partial charge in [0.05, 0.1) is 11.1 Å². The molecule has 0 atom stereocenters. The number of hydrogen-bond donors (Lipinski definition) is 1. The lowest BCUT2D eigenvalue weighted by Gasteiger charge is -2.13. The first-order chi connectivity index (χ1) is 9.57. The van der Waals surface area contributed by atoms with Gasteiger partial charge in [-0.3, -0.25) is 0 Å². The molecule has 1 aliphatic rings. The lowest BCUT2D eigenvalue weighted by Crippen LogP contribution is -2.05. The summed E-state index contributed by atoms with van der Waals surface area (Å²) < 4.78 is 39.0. The van der Waals surface area contributed by atoms with Crippen LogP contribution >= 0.6 is 0 Å². The Bertz CT molecular complexity index is 589. The minimum Gasteiger partial charge on any atom is -0.360 e. The Morgan fingerprint density at radius 2 is 1.70 bits per heavy atom. The molecule has 0 bridgehead atoms. The first-order valence-electron chi connectivity index (χ1n) is 7.24. The van der Waals surface area contributed by atoms with E-state index in [0.717, 1.165) is 29.9 Å². The molecule has 1 saturated carbocycles. The van der Waals surface area contributed by atoms with Crippen LogP contribution in [0.5, 0.6) is 0 Å². The van der Waals surface area contributed by atoms with Crippen LogP contribution in [0, 0.1) is 0 Å². The number of halogens is 3. The third kappa shape index (κ3) is 2.43. The van der Waals surface area contributed by atoms with Crippen LogP contribution in [-0.2, 0) is 6.18 Å². The van der Waals surface area contributed by atoms with E-state index in [-0.39, 0.29) is 5.52 Å². The first-order valence-corrected chi connectivity index (χ1v) is 7.24. The molecule has 1 heterocycles. The normalized spacial score (nSPS) is 18.4. The number of para-hydroxylation sites is 1. The van der Waals surface area contributed by atoms with E-state index in [9.17, 15) is 13.2 Å². The molecule has 0 spiro atoms. The van der Waals surface area contributed by atoms with E-state index >= 15 is 0 Å².